The quantitative estimate of drug-likeness (QED) is 0.640. The third kappa shape index (κ3) is 3.23. The van der Waals surface area contributed by atoms with E-state index in [4.69, 9.17) is 19.7 Å². The van der Waals surface area contributed by atoms with Crippen molar-refractivity contribution in [3.05, 3.63) is 0 Å². The summed E-state index contributed by atoms with van der Waals surface area (Å²) in [5, 5.41) is 17.9. The van der Waals surface area contributed by atoms with Gasteiger partial charge in [0.1, 0.15) is 0 Å². The Balaban J connectivity index is 2.25. The molecule has 0 aliphatic carbocycles. The van der Waals surface area contributed by atoms with Crippen molar-refractivity contribution in [3.8, 4) is 0 Å². The molecule has 0 aromatic heterocycles. The monoisotopic (exact) mass is 190 g/mol. The fourth-order valence-electron chi connectivity index (χ4n) is 1.46. The van der Waals surface area contributed by atoms with Gasteiger partial charge in [-0.15, -0.1) is 0 Å². The molecule has 0 bridgehead atoms. The Labute approximate surface area is 78.5 Å². The van der Waals surface area contributed by atoms with Gasteiger partial charge in [-0.05, 0) is 5.92 Å². The lowest BCUT2D eigenvalue weighted by atomic mass is 9.92. The maximum atomic E-state index is 8.93. The van der Waals surface area contributed by atoms with Crippen LogP contribution in [0.2, 0.25) is 0 Å². The molecule has 4 heteroatoms. The lowest BCUT2D eigenvalue weighted by Crippen LogP contribution is -2.24. The molecule has 1 unspecified atom stereocenters. The van der Waals surface area contributed by atoms with E-state index in [0.29, 0.717) is 13.2 Å². The summed E-state index contributed by atoms with van der Waals surface area (Å²) in [5.74, 6) is 0.158. The molecule has 0 radical (unpaired) electrons. The van der Waals surface area contributed by atoms with E-state index in [9.17, 15) is 0 Å². The van der Waals surface area contributed by atoms with Gasteiger partial charge < -0.3 is 19.7 Å². The predicted octanol–water partition coefficient (Wildman–Crippen LogP) is -0.0137. The van der Waals surface area contributed by atoms with Crippen LogP contribution < -0.4 is 0 Å². The SMILES string of the molecule is CC(CC1OCCO1)C(CO)CO. The van der Waals surface area contributed by atoms with E-state index >= 15 is 0 Å². The molecule has 2 N–H and O–H groups in total. The average Bonchev–Trinajstić information content (AvgIpc) is 2.59. The van der Waals surface area contributed by atoms with Crippen LogP contribution in [0.3, 0.4) is 0 Å². The number of ether oxygens (including phenoxy) is 2. The van der Waals surface area contributed by atoms with Crippen molar-refractivity contribution in [2.75, 3.05) is 26.4 Å². The molecule has 1 fully saturated rings. The molecule has 1 saturated heterocycles. The Morgan fingerprint density at radius 1 is 1.23 bits per heavy atom. The lowest BCUT2D eigenvalue weighted by molar-refractivity contribution is -0.0646. The topological polar surface area (TPSA) is 58.9 Å². The van der Waals surface area contributed by atoms with Crippen molar-refractivity contribution in [1.82, 2.24) is 0 Å². The molecule has 1 aliphatic rings. The minimum absolute atomic E-state index is 0.0182. The third-order valence-corrected chi connectivity index (χ3v) is 2.53. The first kappa shape index (κ1) is 10.9. The zero-order valence-electron chi connectivity index (χ0n) is 7.98. The van der Waals surface area contributed by atoms with E-state index in [-0.39, 0.29) is 31.3 Å². The minimum Gasteiger partial charge on any atom is -0.396 e. The molecule has 1 atom stereocenters. The molecule has 0 spiro atoms. The minimum atomic E-state index is -0.143. The van der Waals surface area contributed by atoms with Gasteiger partial charge in [0.2, 0.25) is 0 Å². The Bertz CT molecular complexity index is 130. The molecule has 78 valence electrons. The highest BCUT2D eigenvalue weighted by molar-refractivity contribution is 4.67. The molecule has 0 aromatic rings. The standard InChI is InChI=1S/C9H18O4/c1-7(8(5-10)6-11)4-9-12-2-3-13-9/h7-11H,2-6H2,1H3. The van der Waals surface area contributed by atoms with Crippen molar-refractivity contribution >= 4 is 0 Å². The van der Waals surface area contributed by atoms with Crippen LogP contribution >= 0.6 is 0 Å². The first-order valence-corrected chi connectivity index (χ1v) is 4.72. The van der Waals surface area contributed by atoms with E-state index in [2.05, 4.69) is 0 Å². The summed E-state index contributed by atoms with van der Waals surface area (Å²) in [6.07, 6.45) is 0.599. The van der Waals surface area contributed by atoms with Crippen molar-refractivity contribution in [2.24, 2.45) is 11.8 Å². The molecular weight excluding hydrogens is 172 g/mol. The first-order valence-electron chi connectivity index (χ1n) is 4.72. The smallest absolute Gasteiger partial charge is 0.158 e. The lowest BCUT2D eigenvalue weighted by Gasteiger charge is -2.21. The summed E-state index contributed by atoms with van der Waals surface area (Å²) in [6.45, 7) is 3.33. The molecule has 13 heavy (non-hydrogen) atoms. The van der Waals surface area contributed by atoms with Crippen LogP contribution in [0, 0.1) is 11.8 Å². The molecule has 1 aliphatic heterocycles. The number of hydrogen-bond acceptors (Lipinski definition) is 4. The number of rotatable bonds is 5. The van der Waals surface area contributed by atoms with Crippen LogP contribution in [0.1, 0.15) is 13.3 Å². The van der Waals surface area contributed by atoms with Crippen molar-refractivity contribution in [3.63, 3.8) is 0 Å². The van der Waals surface area contributed by atoms with Gasteiger partial charge in [-0.25, -0.2) is 0 Å². The van der Waals surface area contributed by atoms with Crippen LogP contribution in [-0.4, -0.2) is 42.9 Å². The van der Waals surface area contributed by atoms with Gasteiger partial charge in [0.25, 0.3) is 0 Å². The third-order valence-electron chi connectivity index (χ3n) is 2.53. The zero-order valence-corrected chi connectivity index (χ0v) is 7.98. The molecule has 0 aromatic carbocycles. The van der Waals surface area contributed by atoms with Crippen LogP contribution in [-0.2, 0) is 9.47 Å². The Morgan fingerprint density at radius 3 is 2.23 bits per heavy atom. The number of hydrogen-bond donors (Lipinski definition) is 2. The van der Waals surface area contributed by atoms with Crippen LogP contribution in [0.25, 0.3) is 0 Å². The second kappa shape index (κ2) is 5.54. The highest BCUT2D eigenvalue weighted by Gasteiger charge is 2.23. The largest absolute Gasteiger partial charge is 0.396 e. The Kier molecular flexibility index (Phi) is 4.66. The summed E-state index contributed by atoms with van der Waals surface area (Å²) in [7, 11) is 0. The second-order valence-corrected chi connectivity index (χ2v) is 3.51. The van der Waals surface area contributed by atoms with E-state index < -0.39 is 0 Å². The first-order chi connectivity index (χ1) is 6.27. The van der Waals surface area contributed by atoms with E-state index in [0.717, 1.165) is 6.42 Å². The zero-order chi connectivity index (χ0) is 9.68. The summed E-state index contributed by atoms with van der Waals surface area (Å²) in [4.78, 5) is 0. The fourth-order valence-corrected chi connectivity index (χ4v) is 1.46. The van der Waals surface area contributed by atoms with Gasteiger partial charge in [0.15, 0.2) is 6.29 Å². The summed E-state index contributed by atoms with van der Waals surface area (Å²) in [6, 6.07) is 0. The van der Waals surface area contributed by atoms with Crippen LogP contribution in [0.4, 0.5) is 0 Å². The summed E-state index contributed by atoms with van der Waals surface area (Å²) < 4.78 is 10.6. The second-order valence-electron chi connectivity index (χ2n) is 3.51. The van der Waals surface area contributed by atoms with Crippen LogP contribution in [0.5, 0.6) is 0 Å². The molecular formula is C9H18O4. The van der Waals surface area contributed by atoms with E-state index in [1.807, 2.05) is 6.92 Å². The van der Waals surface area contributed by atoms with Crippen molar-refractivity contribution < 1.29 is 19.7 Å². The highest BCUT2D eigenvalue weighted by atomic mass is 16.7. The maximum Gasteiger partial charge on any atom is 0.158 e. The summed E-state index contributed by atoms with van der Waals surface area (Å²) in [5.41, 5.74) is 0. The summed E-state index contributed by atoms with van der Waals surface area (Å²) >= 11 is 0. The molecule has 1 rings (SSSR count). The van der Waals surface area contributed by atoms with E-state index in [1.54, 1.807) is 0 Å². The van der Waals surface area contributed by atoms with E-state index in [1.165, 1.54) is 0 Å². The van der Waals surface area contributed by atoms with Gasteiger partial charge in [-0.2, -0.15) is 0 Å². The predicted molar refractivity (Wildman–Crippen MR) is 47.1 cm³/mol. The average molecular weight is 190 g/mol. The highest BCUT2D eigenvalue weighted by Crippen LogP contribution is 2.20. The molecule has 0 saturated carbocycles. The Hall–Kier alpha value is -0.160. The number of aliphatic hydroxyl groups excluding tert-OH is 2. The van der Waals surface area contributed by atoms with Crippen molar-refractivity contribution in [2.45, 2.75) is 19.6 Å². The van der Waals surface area contributed by atoms with Gasteiger partial charge in [-0.1, -0.05) is 6.92 Å². The molecule has 0 amide bonds. The van der Waals surface area contributed by atoms with Gasteiger partial charge in [-0.3, -0.25) is 0 Å². The van der Waals surface area contributed by atoms with Gasteiger partial charge in [0, 0.05) is 25.6 Å². The van der Waals surface area contributed by atoms with Crippen LogP contribution in [0.15, 0.2) is 0 Å². The van der Waals surface area contributed by atoms with Gasteiger partial charge >= 0.3 is 0 Å². The Morgan fingerprint density at radius 2 is 1.77 bits per heavy atom. The van der Waals surface area contributed by atoms with Crippen molar-refractivity contribution in [1.29, 1.82) is 0 Å². The van der Waals surface area contributed by atoms with Gasteiger partial charge in [0.05, 0.1) is 13.2 Å². The normalized spacial score (nSPS) is 21.2. The maximum absolute atomic E-state index is 8.93. The molecule has 4 nitrogen and oxygen atoms in total. The number of aliphatic hydroxyl groups is 2. The fraction of sp³-hybridized carbons (Fsp3) is 1.00. The molecule has 1 heterocycles.